The van der Waals surface area contributed by atoms with E-state index in [9.17, 15) is 4.39 Å². The lowest BCUT2D eigenvalue weighted by molar-refractivity contribution is 0.300. The predicted octanol–water partition coefficient (Wildman–Crippen LogP) is 4.40. The molecule has 1 nitrogen and oxygen atoms in total. The Hall–Kier alpha value is -0.410. The first-order chi connectivity index (χ1) is 8.43. The monoisotopic (exact) mass is 315 g/mol. The minimum absolute atomic E-state index is 0.174. The third kappa shape index (κ3) is 4.69. The highest BCUT2D eigenvalue weighted by Crippen LogP contribution is 2.21. The van der Waals surface area contributed by atoms with Gasteiger partial charge in [0, 0.05) is 10.5 Å². The van der Waals surface area contributed by atoms with Crippen molar-refractivity contribution in [1.82, 2.24) is 5.32 Å². The van der Waals surface area contributed by atoms with Crippen LogP contribution in [-0.4, -0.2) is 12.6 Å². The van der Waals surface area contributed by atoms with Gasteiger partial charge in [0.25, 0.3) is 0 Å². The Kier molecular flexibility index (Phi) is 6.30. The fraction of sp³-hybridized carbons (Fsp3) is 0.600. The SMILES string of the molecule is CCNC(Cc1cc(F)cc(Br)c1)C(C)C(C)C. The summed E-state index contributed by atoms with van der Waals surface area (Å²) in [6.07, 6.45) is 0.865. The van der Waals surface area contributed by atoms with Gasteiger partial charge in [0.05, 0.1) is 0 Å². The summed E-state index contributed by atoms with van der Waals surface area (Å²) in [5, 5.41) is 3.51. The van der Waals surface area contributed by atoms with Gasteiger partial charge in [-0.2, -0.15) is 0 Å². The smallest absolute Gasteiger partial charge is 0.124 e. The van der Waals surface area contributed by atoms with E-state index in [-0.39, 0.29) is 5.82 Å². The fourth-order valence-corrected chi connectivity index (χ4v) is 2.67. The lowest BCUT2D eigenvalue weighted by Crippen LogP contribution is -2.39. The van der Waals surface area contributed by atoms with Crippen LogP contribution in [0.5, 0.6) is 0 Å². The topological polar surface area (TPSA) is 12.0 Å². The Labute approximate surface area is 118 Å². The normalized spacial score (nSPS) is 14.8. The molecule has 2 unspecified atom stereocenters. The van der Waals surface area contributed by atoms with Gasteiger partial charge in [-0.05, 0) is 48.6 Å². The summed E-state index contributed by atoms with van der Waals surface area (Å²) in [6.45, 7) is 9.78. The molecule has 3 heteroatoms. The maximum absolute atomic E-state index is 13.4. The molecule has 0 amide bonds. The molecule has 1 aromatic rings. The van der Waals surface area contributed by atoms with E-state index in [4.69, 9.17) is 0 Å². The Morgan fingerprint density at radius 1 is 1.22 bits per heavy atom. The van der Waals surface area contributed by atoms with Crippen LogP contribution in [0.1, 0.15) is 33.3 Å². The van der Waals surface area contributed by atoms with E-state index in [1.807, 2.05) is 6.07 Å². The lowest BCUT2D eigenvalue weighted by Gasteiger charge is -2.28. The number of hydrogen-bond acceptors (Lipinski definition) is 1. The molecular formula is C15H23BrFN. The zero-order valence-electron chi connectivity index (χ0n) is 11.6. The molecule has 102 valence electrons. The number of rotatable bonds is 6. The third-order valence-corrected chi connectivity index (χ3v) is 3.99. The second-order valence-corrected chi connectivity index (χ2v) is 6.16. The van der Waals surface area contributed by atoms with Gasteiger partial charge in [-0.1, -0.05) is 43.6 Å². The van der Waals surface area contributed by atoms with Crippen molar-refractivity contribution in [3.63, 3.8) is 0 Å². The van der Waals surface area contributed by atoms with Crippen LogP contribution in [0.3, 0.4) is 0 Å². The molecule has 0 saturated heterocycles. The van der Waals surface area contributed by atoms with E-state index in [2.05, 4.69) is 48.9 Å². The van der Waals surface area contributed by atoms with E-state index in [1.54, 1.807) is 6.07 Å². The van der Waals surface area contributed by atoms with Crippen molar-refractivity contribution in [3.05, 3.63) is 34.1 Å². The van der Waals surface area contributed by atoms with Crippen LogP contribution in [-0.2, 0) is 6.42 Å². The van der Waals surface area contributed by atoms with Crippen LogP contribution in [0.4, 0.5) is 4.39 Å². The first kappa shape index (κ1) is 15.6. The summed E-state index contributed by atoms with van der Waals surface area (Å²) >= 11 is 3.35. The molecule has 0 aliphatic carbocycles. The minimum Gasteiger partial charge on any atom is -0.314 e. The highest BCUT2D eigenvalue weighted by molar-refractivity contribution is 9.10. The summed E-state index contributed by atoms with van der Waals surface area (Å²) in [5.74, 6) is 1.00. The molecule has 2 atom stereocenters. The Morgan fingerprint density at radius 3 is 2.39 bits per heavy atom. The zero-order valence-corrected chi connectivity index (χ0v) is 13.2. The summed E-state index contributed by atoms with van der Waals surface area (Å²) in [6, 6.07) is 5.52. The quantitative estimate of drug-likeness (QED) is 0.820. The highest BCUT2D eigenvalue weighted by Gasteiger charge is 2.20. The van der Waals surface area contributed by atoms with Gasteiger partial charge in [-0.25, -0.2) is 4.39 Å². The molecule has 0 fully saturated rings. The van der Waals surface area contributed by atoms with E-state index in [0.29, 0.717) is 17.9 Å². The molecular weight excluding hydrogens is 293 g/mol. The van der Waals surface area contributed by atoms with Crippen LogP contribution in [0.25, 0.3) is 0 Å². The van der Waals surface area contributed by atoms with Crippen LogP contribution in [0.15, 0.2) is 22.7 Å². The number of halogens is 2. The molecule has 18 heavy (non-hydrogen) atoms. The first-order valence-electron chi connectivity index (χ1n) is 6.62. The largest absolute Gasteiger partial charge is 0.314 e. The van der Waals surface area contributed by atoms with E-state index in [1.165, 1.54) is 6.07 Å². The zero-order chi connectivity index (χ0) is 13.7. The van der Waals surface area contributed by atoms with E-state index in [0.717, 1.165) is 23.0 Å². The van der Waals surface area contributed by atoms with Crippen molar-refractivity contribution in [2.24, 2.45) is 11.8 Å². The van der Waals surface area contributed by atoms with Crippen molar-refractivity contribution in [2.45, 2.75) is 40.2 Å². The second kappa shape index (κ2) is 7.25. The van der Waals surface area contributed by atoms with Gasteiger partial charge in [0.1, 0.15) is 5.82 Å². The van der Waals surface area contributed by atoms with Crippen LogP contribution in [0.2, 0.25) is 0 Å². The molecule has 0 heterocycles. The van der Waals surface area contributed by atoms with Crippen molar-refractivity contribution in [1.29, 1.82) is 0 Å². The summed E-state index contributed by atoms with van der Waals surface area (Å²) in [4.78, 5) is 0. The molecule has 1 aromatic carbocycles. The number of benzene rings is 1. The molecule has 0 aromatic heterocycles. The maximum atomic E-state index is 13.4. The average Bonchev–Trinajstić information content (AvgIpc) is 2.26. The molecule has 0 radical (unpaired) electrons. The van der Waals surface area contributed by atoms with Crippen molar-refractivity contribution < 1.29 is 4.39 Å². The number of likely N-dealkylation sites (N-methyl/N-ethyl adjacent to an activating group) is 1. The van der Waals surface area contributed by atoms with Gasteiger partial charge in [-0.15, -0.1) is 0 Å². The predicted molar refractivity (Wildman–Crippen MR) is 79.3 cm³/mol. The Morgan fingerprint density at radius 2 is 1.89 bits per heavy atom. The van der Waals surface area contributed by atoms with Gasteiger partial charge in [0.2, 0.25) is 0 Å². The highest BCUT2D eigenvalue weighted by atomic mass is 79.9. The summed E-state index contributed by atoms with van der Waals surface area (Å²) < 4.78 is 14.2. The molecule has 1 rings (SSSR count). The van der Waals surface area contributed by atoms with Crippen LogP contribution < -0.4 is 5.32 Å². The molecule has 0 aliphatic heterocycles. The van der Waals surface area contributed by atoms with Crippen LogP contribution >= 0.6 is 15.9 Å². The van der Waals surface area contributed by atoms with Crippen LogP contribution in [0, 0.1) is 17.7 Å². The van der Waals surface area contributed by atoms with Gasteiger partial charge < -0.3 is 5.32 Å². The van der Waals surface area contributed by atoms with E-state index >= 15 is 0 Å². The number of nitrogens with one attached hydrogen (secondary N) is 1. The van der Waals surface area contributed by atoms with E-state index < -0.39 is 0 Å². The first-order valence-corrected chi connectivity index (χ1v) is 7.41. The Balaban J connectivity index is 2.82. The molecule has 0 saturated carbocycles. The molecule has 1 N–H and O–H groups in total. The minimum atomic E-state index is -0.174. The fourth-order valence-electron chi connectivity index (χ4n) is 2.15. The maximum Gasteiger partial charge on any atom is 0.124 e. The third-order valence-electron chi connectivity index (χ3n) is 3.53. The summed E-state index contributed by atoms with van der Waals surface area (Å²) in [7, 11) is 0. The molecule has 0 spiro atoms. The lowest BCUT2D eigenvalue weighted by atomic mass is 9.86. The van der Waals surface area contributed by atoms with Crippen molar-refractivity contribution in [2.75, 3.05) is 6.54 Å². The van der Waals surface area contributed by atoms with Gasteiger partial charge >= 0.3 is 0 Å². The molecule has 0 bridgehead atoms. The van der Waals surface area contributed by atoms with Gasteiger partial charge in [-0.3, -0.25) is 0 Å². The molecule has 0 aliphatic rings. The standard InChI is InChI=1S/C15H23BrFN/c1-5-18-15(11(4)10(2)3)8-12-6-13(16)9-14(17)7-12/h6-7,9-11,15,18H,5,8H2,1-4H3. The van der Waals surface area contributed by atoms with Crippen molar-refractivity contribution >= 4 is 15.9 Å². The number of hydrogen-bond donors (Lipinski definition) is 1. The van der Waals surface area contributed by atoms with Gasteiger partial charge in [0.15, 0.2) is 0 Å². The Bertz CT molecular complexity index is 359. The van der Waals surface area contributed by atoms with Crippen molar-refractivity contribution in [3.8, 4) is 0 Å². The second-order valence-electron chi connectivity index (χ2n) is 5.25. The summed E-state index contributed by atoms with van der Waals surface area (Å²) in [5.41, 5.74) is 1.04. The average molecular weight is 316 g/mol.